The molecule has 0 aliphatic carbocycles. The molecule has 0 amide bonds. The van der Waals surface area contributed by atoms with E-state index in [0.29, 0.717) is 0 Å². The maximum absolute atomic E-state index is 10.9. The second kappa shape index (κ2) is 5.07. The summed E-state index contributed by atoms with van der Waals surface area (Å²) in [4.78, 5) is 11.8. The fourth-order valence-corrected chi connectivity index (χ4v) is 1.01. The second-order valence-corrected chi connectivity index (χ2v) is 3.04. The zero-order valence-corrected chi connectivity index (χ0v) is 7.48. The van der Waals surface area contributed by atoms with Crippen LogP contribution in [-0.4, -0.2) is 35.3 Å². The summed E-state index contributed by atoms with van der Waals surface area (Å²) in [6.07, 6.45) is 0. The predicted molar refractivity (Wildman–Crippen MR) is 55.6 cm³/mol. The van der Waals surface area contributed by atoms with Crippen LogP contribution in [0.25, 0.3) is 0 Å². The Morgan fingerprint density at radius 3 is 2.42 bits per heavy atom. The van der Waals surface area contributed by atoms with Gasteiger partial charge >= 0.3 is 29.6 Å². The average Bonchev–Trinajstić information content (AvgIpc) is 1.94. The van der Waals surface area contributed by atoms with E-state index in [9.17, 15) is 4.79 Å². The molecule has 0 fully saturated rings. The molecule has 0 bridgehead atoms. The zero-order chi connectivity index (χ0) is 8.43. The van der Waals surface area contributed by atoms with Crippen molar-refractivity contribution in [3.63, 3.8) is 0 Å². The van der Waals surface area contributed by atoms with Gasteiger partial charge in [-0.05, 0) is 31.5 Å². The molecule has 0 aliphatic rings. The Kier molecular flexibility index (Phi) is 5.18. The van der Waals surface area contributed by atoms with E-state index >= 15 is 0 Å². The monoisotopic (exact) mass is 190 g/mol. The van der Waals surface area contributed by atoms with Crippen LogP contribution >= 0.6 is 12.6 Å². The third kappa shape index (κ3) is 2.94. The van der Waals surface area contributed by atoms with Gasteiger partial charge in [-0.25, -0.2) is 0 Å². The van der Waals surface area contributed by atoms with Gasteiger partial charge in [0.05, 0.1) is 0 Å². The molecule has 1 nitrogen and oxygen atoms in total. The minimum absolute atomic E-state index is 0. The van der Waals surface area contributed by atoms with Crippen molar-refractivity contribution in [3.05, 3.63) is 29.3 Å². The van der Waals surface area contributed by atoms with E-state index < -0.39 is 0 Å². The molecule has 1 aromatic carbocycles. The number of Topliss-reactive ketones (excluding diaryl/α,β-unsaturated/α-hetero) is 1. The predicted octanol–water partition coefficient (Wildman–Crippen LogP) is 1.84. The topological polar surface area (TPSA) is 17.1 Å². The van der Waals surface area contributed by atoms with Crippen LogP contribution in [0.4, 0.5) is 0 Å². The molecular formula is C9H11NaOS. The number of benzene rings is 1. The van der Waals surface area contributed by atoms with Gasteiger partial charge in [0.1, 0.15) is 0 Å². The summed E-state index contributed by atoms with van der Waals surface area (Å²) in [5.74, 6) is 0.0985. The zero-order valence-electron chi connectivity index (χ0n) is 6.59. The van der Waals surface area contributed by atoms with Crippen molar-refractivity contribution < 1.29 is 4.79 Å². The Morgan fingerprint density at radius 1 is 1.42 bits per heavy atom. The SMILES string of the molecule is CC(=O)c1ccc(S)c(C)c1.[NaH]. The van der Waals surface area contributed by atoms with Gasteiger partial charge in [0, 0.05) is 10.5 Å². The van der Waals surface area contributed by atoms with Crippen molar-refractivity contribution in [1.29, 1.82) is 0 Å². The number of rotatable bonds is 1. The molecule has 12 heavy (non-hydrogen) atoms. The summed E-state index contributed by atoms with van der Waals surface area (Å²) in [6, 6.07) is 5.48. The van der Waals surface area contributed by atoms with Gasteiger partial charge in [0.15, 0.2) is 5.78 Å². The molecule has 60 valence electrons. The summed E-state index contributed by atoms with van der Waals surface area (Å²) in [5.41, 5.74) is 1.79. The van der Waals surface area contributed by atoms with Gasteiger partial charge in [0.2, 0.25) is 0 Å². The Hall–Kier alpha value is 0.240. The van der Waals surface area contributed by atoms with Crippen LogP contribution in [-0.2, 0) is 0 Å². The van der Waals surface area contributed by atoms with Gasteiger partial charge in [-0.1, -0.05) is 6.07 Å². The van der Waals surface area contributed by atoms with Crippen molar-refractivity contribution >= 4 is 48.0 Å². The number of aryl methyl sites for hydroxylation is 1. The number of thiol groups is 1. The van der Waals surface area contributed by atoms with Crippen LogP contribution in [0, 0.1) is 6.92 Å². The first-order chi connectivity index (χ1) is 5.11. The minimum atomic E-state index is 0. The fraction of sp³-hybridized carbons (Fsp3) is 0.222. The van der Waals surface area contributed by atoms with Crippen LogP contribution in [0.2, 0.25) is 0 Å². The Morgan fingerprint density at radius 2 is 2.00 bits per heavy atom. The molecule has 0 radical (unpaired) electrons. The van der Waals surface area contributed by atoms with E-state index in [1.165, 1.54) is 0 Å². The average molecular weight is 190 g/mol. The first-order valence-corrected chi connectivity index (χ1v) is 3.86. The van der Waals surface area contributed by atoms with Gasteiger partial charge in [-0.2, -0.15) is 0 Å². The number of carbonyl (C=O) groups is 1. The van der Waals surface area contributed by atoms with E-state index in [2.05, 4.69) is 12.6 Å². The molecule has 3 heteroatoms. The molecule has 0 atom stereocenters. The summed E-state index contributed by atoms with van der Waals surface area (Å²) < 4.78 is 0. The quantitative estimate of drug-likeness (QED) is 0.406. The van der Waals surface area contributed by atoms with Crippen LogP contribution in [0.5, 0.6) is 0 Å². The second-order valence-electron chi connectivity index (χ2n) is 2.56. The Balaban J connectivity index is 0.00000121. The van der Waals surface area contributed by atoms with Crippen molar-refractivity contribution in [2.75, 3.05) is 0 Å². The molecule has 0 saturated heterocycles. The normalized spacial score (nSPS) is 8.92. The van der Waals surface area contributed by atoms with Gasteiger partial charge in [-0.15, -0.1) is 12.6 Å². The molecule has 0 aliphatic heterocycles. The standard InChI is InChI=1S/C9H10OS.Na.H/c1-6-5-8(7(2)10)3-4-9(6)11;;/h3-5,11H,1-2H3;;. The van der Waals surface area contributed by atoms with E-state index in [1.54, 1.807) is 13.0 Å². The number of hydrogen-bond acceptors (Lipinski definition) is 2. The first kappa shape index (κ1) is 12.2. The first-order valence-electron chi connectivity index (χ1n) is 3.42. The Bertz CT molecular complexity index is 297. The summed E-state index contributed by atoms with van der Waals surface area (Å²) in [6.45, 7) is 3.50. The molecule has 0 N–H and O–H groups in total. The number of carbonyl (C=O) groups excluding carboxylic acids is 1. The van der Waals surface area contributed by atoms with Crippen molar-refractivity contribution in [2.24, 2.45) is 0 Å². The molecule has 0 saturated carbocycles. The number of ketones is 1. The van der Waals surface area contributed by atoms with Crippen LogP contribution in [0.3, 0.4) is 0 Å². The molecular weight excluding hydrogens is 179 g/mol. The molecule has 0 spiro atoms. The van der Waals surface area contributed by atoms with Crippen molar-refractivity contribution in [2.45, 2.75) is 18.7 Å². The summed E-state index contributed by atoms with van der Waals surface area (Å²) in [7, 11) is 0. The molecule has 0 aromatic heterocycles. The van der Waals surface area contributed by atoms with E-state index in [1.807, 2.05) is 19.1 Å². The number of hydrogen-bond donors (Lipinski definition) is 1. The Labute approximate surface area is 100 Å². The molecule has 1 rings (SSSR count). The van der Waals surface area contributed by atoms with Gasteiger partial charge in [0.25, 0.3) is 0 Å². The fourth-order valence-electron chi connectivity index (χ4n) is 0.874. The third-order valence-electron chi connectivity index (χ3n) is 1.60. The maximum atomic E-state index is 10.9. The van der Waals surface area contributed by atoms with Gasteiger partial charge < -0.3 is 0 Å². The van der Waals surface area contributed by atoms with E-state index in [0.717, 1.165) is 16.0 Å². The van der Waals surface area contributed by atoms with Crippen LogP contribution < -0.4 is 0 Å². The van der Waals surface area contributed by atoms with Gasteiger partial charge in [-0.3, -0.25) is 4.79 Å². The van der Waals surface area contributed by atoms with Crippen LogP contribution in [0.1, 0.15) is 22.8 Å². The van der Waals surface area contributed by atoms with E-state index in [-0.39, 0.29) is 35.3 Å². The summed E-state index contributed by atoms with van der Waals surface area (Å²) >= 11 is 4.20. The van der Waals surface area contributed by atoms with Crippen molar-refractivity contribution in [1.82, 2.24) is 0 Å². The molecule has 1 aromatic rings. The molecule has 0 heterocycles. The van der Waals surface area contributed by atoms with E-state index in [4.69, 9.17) is 0 Å². The third-order valence-corrected chi connectivity index (χ3v) is 2.11. The summed E-state index contributed by atoms with van der Waals surface area (Å²) in [5, 5.41) is 0. The van der Waals surface area contributed by atoms with Crippen LogP contribution in [0.15, 0.2) is 23.1 Å². The molecule has 0 unspecified atom stereocenters. The van der Waals surface area contributed by atoms with Crippen molar-refractivity contribution in [3.8, 4) is 0 Å².